The molecule has 2 rings (SSSR count). The standard InChI is InChI=1S/C19H26N2O3S.ClH/c1-19(2,14-16-7-5-4-6-8-16)20-12-11-15-9-10-18(22)17(13-15)21-25(3,23)24;/h4-10,13,20-22H,11-12,14H2,1-3H3;1H. The maximum absolute atomic E-state index is 11.3. The number of hydrogen-bond donors (Lipinski definition) is 3. The van der Waals surface area contributed by atoms with E-state index in [2.05, 4.69) is 36.0 Å². The van der Waals surface area contributed by atoms with Crippen LogP contribution >= 0.6 is 12.4 Å². The molecule has 3 N–H and O–H groups in total. The summed E-state index contributed by atoms with van der Waals surface area (Å²) in [6.45, 7) is 5.07. The third-order valence-corrected chi connectivity index (χ3v) is 4.45. The molecule has 0 aliphatic heterocycles. The summed E-state index contributed by atoms with van der Waals surface area (Å²) >= 11 is 0. The molecule has 26 heavy (non-hydrogen) atoms. The van der Waals surface area contributed by atoms with Crippen molar-refractivity contribution in [3.05, 3.63) is 59.7 Å². The van der Waals surface area contributed by atoms with E-state index in [0.717, 1.165) is 31.2 Å². The molecule has 0 heterocycles. The Morgan fingerprint density at radius 3 is 2.31 bits per heavy atom. The molecular formula is C19H27ClN2O3S. The Hall–Kier alpha value is -1.76. The number of anilines is 1. The number of aromatic hydroxyl groups is 1. The van der Waals surface area contributed by atoms with E-state index >= 15 is 0 Å². The van der Waals surface area contributed by atoms with Crippen molar-refractivity contribution in [2.75, 3.05) is 17.5 Å². The van der Waals surface area contributed by atoms with Crippen LogP contribution in [0.15, 0.2) is 48.5 Å². The van der Waals surface area contributed by atoms with Crippen LogP contribution in [0.1, 0.15) is 25.0 Å². The molecule has 0 aliphatic rings. The van der Waals surface area contributed by atoms with E-state index in [9.17, 15) is 13.5 Å². The van der Waals surface area contributed by atoms with Crippen molar-refractivity contribution >= 4 is 28.1 Å². The molecule has 2 aromatic rings. The number of nitrogens with one attached hydrogen (secondary N) is 2. The van der Waals surface area contributed by atoms with Gasteiger partial charge in [0.25, 0.3) is 0 Å². The van der Waals surface area contributed by atoms with Crippen molar-refractivity contribution in [2.45, 2.75) is 32.2 Å². The Balaban J connectivity index is 0.00000338. The molecular weight excluding hydrogens is 372 g/mol. The van der Waals surface area contributed by atoms with E-state index in [1.807, 2.05) is 18.2 Å². The van der Waals surface area contributed by atoms with E-state index in [-0.39, 0.29) is 29.4 Å². The van der Waals surface area contributed by atoms with Gasteiger partial charge >= 0.3 is 0 Å². The minimum Gasteiger partial charge on any atom is -0.506 e. The van der Waals surface area contributed by atoms with E-state index in [1.54, 1.807) is 12.1 Å². The molecule has 7 heteroatoms. The van der Waals surface area contributed by atoms with Crippen LogP contribution in [-0.4, -0.2) is 31.9 Å². The molecule has 0 saturated heterocycles. The Kier molecular flexibility index (Phi) is 7.93. The van der Waals surface area contributed by atoms with Crippen LogP contribution in [0.2, 0.25) is 0 Å². The third kappa shape index (κ3) is 7.64. The van der Waals surface area contributed by atoms with Crippen LogP contribution in [0.4, 0.5) is 5.69 Å². The molecule has 0 bridgehead atoms. The normalized spacial score (nSPS) is 11.7. The number of benzene rings is 2. The van der Waals surface area contributed by atoms with Gasteiger partial charge in [-0.3, -0.25) is 4.72 Å². The molecule has 0 spiro atoms. The van der Waals surface area contributed by atoms with Gasteiger partial charge in [-0.2, -0.15) is 0 Å². The Bertz CT molecular complexity index is 809. The van der Waals surface area contributed by atoms with Gasteiger partial charge in [0.05, 0.1) is 11.9 Å². The molecule has 0 saturated carbocycles. The van der Waals surface area contributed by atoms with Crippen LogP contribution in [0.5, 0.6) is 5.75 Å². The highest BCUT2D eigenvalue weighted by atomic mass is 35.5. The number of sulfonamides is 1. The maximum Gasteiger partial charge on any atom is 0.229 e. The second-order valence-corrected chi connectivity index (χ2v) is 8.70. The van der Waals surface area contributed by atoms with Gasteiger partial charge in [0.1, 0.15) is 5.75 Å². The third-order valence-electron chi connectivity index (χ3n) is 3.86. The Morgan fingerprint density at radius 1 is 1.04 bits per heavy atom. The van der Waals surface area contributed by atoms with Crippen LogP contribution < -0.4 is 10.0 Å². The van der Waals surface area contributed by atoms with Gasteiger partial charge in [-0.05, 0) is 56.5 Å². The molecule has 0 amide bonds. The second-order valence-electron chi connectivity index (χ2n) is 6.95. The van der Waals surface area contributed by atoms with Gasteiger partial charge in [0.15, 0.2) is 0 Å². The number of rotatable bonds is 8. The first kappa shape index (κ1) is 22.3. The zero-order chi connectivity index (χ0) is 18.5. The van der Waals surface area contributed by atoms with Gasteiger partial charge < -0.3 is 10.4 Å². The molecule has 0 unspecified atom stereocenters. The lowest BCUT2D eigenvalue weighted by Crippen LogP contribution is -2.42. The zero-order valence-electron chi connectivity index (χ0n) is 15.3. The predicted molar refractivity (Wildman–Crippen MR) is 110 cm³/mol. The second kappa shape index (κ2) is 9.26. The smallest absolute Gasteiger partial charge is 0.229 e. The average molecular weight is 399 g/mol. The Morgan fingerprint density at radius 2 is 1.69 bits per heavy atom. The van der Waals surface area contributed by atoms with Crippen LogP contribution in [0, 0.1) is 0 Å². The molecule has 5 nitrogen and oxygen atoms in total. The van der Waals surface area contributed by atoms with Crippen molar-refractivity contribution < 1.29 is 13.5 Å². The Labute approximate surface area is 162 Å². The van der Waals surface area contributed by atoms with Crippen molar-refractivity contribution in [3.8, 4) is 5.75 Å². The lowest BCUT2D eigenvalue weighted by Gasteiger charge is -2.26. The van der Waals surface area contributed by atoms with E-state index in [1.165, 1.54) is 11.6 Å². The van der Waals surface area contributed by atoms with Crippen LogP contribution in [0.25, 0.3) is 0 Å². The summed E-state index contributed by atoms with van der Waals surface area (Å²) in [4.78, 5) is 0. The van der Waals surface area contributed by atoms with E-state index < -0.39 is 10.0 Å². The summed E-state index contributed by atoms with van der Waals surface area (Å²) in [7, 11) is -3.42. The maximum atomic E-state index is 11.3. The summed E-state index contributed by atoms with van der Waals surface area (Å²) in [5.74, 6) is -0.0773. The summed E-state index contributed by atoms with van der Waals surface area (Å²) in [6.07, 6.45) is 2.72. The van der Waals surface area contributed by atoms with Gasteiger partial charge in [0.2, 0.25) is 10.0 Å². The zero-order valence-corrected chi connectivity index (χ0v) is 17.0. The summed E-state index contributed by atoms with van der Waals surface area (Å²) in [5.41, 5.74) is 2.39. The summed E-state index contributed by atoms with van der Waals surface area (Å²) < 4.78 is 25.0. The highest BCUT2D eigenvalue weighted by Gasteiger charge is 2.17. The highest BCUT2D eigenvalue weighted by Crippen LogP contribution is 2.25. The van der Waals surface area contributed by atoms with Crippen molar-refractivity contribution in [2.24, 2.45) is 0 Å². The lowest BCUT2D eigenvalue weighted by molar-refractivity contribution is 0.389. The highest BCUT2D eigenvalue weighted by molar-refractivity contribution is 7.92. The van der Waals surface area contributed by atoms with Gasteiger partial charge in [-0.15, -0.1) is 12.4 Å². The average Bonchev–Trinajstić information content (AvgIpc) is 2.49. The predicted octanol–water partition coefficient (Wildman–Crippen LogP) is 3.34. The molecule has 0 aliphatic carbocycles. The van der Waals surface area contributed by atoms with Gasteiger partial charge in [-0.1, -0.05) is 36.4 Å². The topological polar surface area (TPSA) is 78.4 Å². The largest absolute Gasteiger partial charge is 0.506 e. The van der Waals surface area contributed by atoms with Crippen molar-refractivity contribution in [3.63, 3.8) is 0 Å². The number of phenols is 1. The summed E-state index contributed by atoms with van der Waals surface area (Å²) in [6, 6.07) is 15.3. The molecule has 2 aromatic carbocycles. The number of hydrogen-bond acceptors (Lipinski definition) is 4. The number of phenolic OH excluding ortho intramolecular Hbond substituents is 1. The fraction of sp³-hybridized carbons (Fsp3) is 0.368. The SMILES string of the molecule is CC(C)(Cc1ccccc1)NCCc1ccc(O)c(NS(C)(=O)=O)c1.Cl. The quantitative estimate of drug-likeness (QED) is 0.596. The molecule has 0 atom stereocenters. The van der Waals surface area contributed by atoms with Crippen LogP contribution in [-0.2, 0) is 22.9 Å². The van der Waals surface area contributed by atoms with Crippen molar-refractivity contribution in [1.29, 1.82) is 0 Å². The molecule has 0 aromatic heterocycles. The molecule has 0 radical (unpaired) electrons. The monoisotopic (exact) mass is 398 g/mol. The minimum atomic E-state index is -3.42. The first-order valence-electron chi connectivity index (χ1n) is 8.23. The number of halogens is 1. The van der Waals surface area contributed by atoms with Crippen molar-refractivity contribution in [1.82, 2.24) is 5.32 Å². The fourth-order valence-electron chi connectivity index (χ4n) is 2.73. The summed E-state index contributed by atoms with van der Waals surface area (Å²) in [5, 5.41) is 13.3. The van der Waals surface area contributed by atoms with E-state index in [4.69, 9.17) is 0 Å². The molecule has 0 fully saturated rings. The van der Waals surface area contributed by atoms with Crippen LogP contribution in [0.3, 0.4) is 0 Å². The minimum absolute atomic E-state index is 0. The first-order valence-corrected chi connectivity index (χ1v) is 10.1. The lowest BCUT2D eigenvalue weighted by atomic mass is 9.94. The first-order chi connectivity index (χ1) is 11.6. The van der Waals surface area contributed by atoms with Gasteiger partial charge in [0, 0.05) is 5.54 Å². The fourth-order valence-corrected chi connectivity index (χ4v) is 3.30. The molecule has 144 valence electrons. The van der Waals surface area contributed by atoms with E-state index in [0.29, 0.717) is 0 Å². The van der Waals surface area contributed by atoms with Gasteiger partial charge in [-0.25, -0.2) is 8.42 Å².